The molecular formula is C28H40N2O. The third-order valence-electron chi connectivity index (χ3n) is 8.70. The predicted molar refractivity (Wildman–Crippen MR) is 130 cm³/mol. The van der Waals surface area contributed by atoms with E-state index in [1.807, 2.05) is 0 Å². The number of rotatable bonds is 6. The molecular weight excluding hydrogens is 380 g/mol. The summed E-state index contributed by atoms with van der Waals surface area (Å²) in [7, 11) is 0. The highest BCUT2D eigenvalue weighted by Crippen LogP contribution is 2.48. The third-order valence-corrected chi connectivity index (χ3v) is 8.70. The molecule has 3 nitrogen and oxygen atoms in total. The third kappa shape index (κ3) is 3.91. The van der Waals surface area contributed by atoms with Crippen molar-refractivity contribution in [2.24, 2.45) is 17.8 Å². The fourth-order valence-corrected chi connectivity index (χ4v) is 6.65. The Balaban J connectivity index is 0.00000245. The summed E-state index contributed by atoms with van der Waals surface area (Å²) in [6, 6.07) is 8.91. The molecule has 0 aromatic heterocycles. The molecule has 1 heterocycles. The van der Waals surface area contributed by atoms with Crippen LogP contribution in [0.4, 0.5) is 0 Å². The standard InChI is InChI=1S/C28H38N2O.H2/c1-3-23(4-2)29-27(31)25-18-28(26-8-6-5-7-24(25)26)13-15-30(16-14-28)19-22-12-10-20-9-11-21(22)17-20;/h5-9,11,18,20-23H,3-4,10,12-17,19H2,1-2H3,(H,29,31);1H. The van der Waals surface area contributed by atoms with Crippen molar-refractivity contribution in [2.45, 2.75) is 70.3 Å². The molecule has 3 unspecified atom stereocenters. The molecule has 2 bridgehead atoms. The van der Waals surface area contributed by atoms with Crippen molar-refractivity contribution < 1.29 is 6.22 Å². The van der Waals surface area contributed by atoms with Gasteiger partial charge in [0.2, 0.25) is 0 Å². The summed E-state index contributed by atoms with van der Waals surface area (Å²) in [4.78, 5) is 15.9. The van der Waals surface area contributed by atoms with E-state index in [-0.39, 0.29) is 18.8 Å². The minimum Gasteiger partial charge on any atom is -0.349 e. The summed E-state index contributed by atoms with van der Waals surface area (Å²) in [6.07, 6.45) is 15.7. The highest BCUT2D eigenvalue weighted by molar-refractivity contribution is 6.21. The molecule has 1 saturated carbocycles. The second-order valence-corrected chi connectivity index (χ2v) is 10.4. The number of fused-ring (bicyclic) bond motifs is 4. The van der Waals surface area contributed by atoms with Gasteiger partial charge in [0.1, 0.15) is 0 Å². The van der Waals surface area contributed by atoms with Gasteiger partial charge in [-0.15, -0.1) is 0 Å². The van der Waals surface area contributed by atoms with E-state index >= 15 is 0 Å². The fraction of sp³-hybridized carbons (Fsp3) is 0.607. The Morgan fingerprint density at radius 1 is 1.16 bits per heavy atom. The first-order valence-corrected chi connectivity index (χ1v) is 12.7. The van der Waals surface area contributed by atoms with E-state index in [1.165, 1.54) is 31.4 Å². The monoisotopic (exact) mass is 420 g/mol. The average Bonchev–Trinajstić information content (AvgIpc) is 3.35. The van der Waals surface area contributed by atoms with Gasteiger partial charge in [0, 0.05) is 25.0 Å². The summed E-state index contributed by atoms with van der Waals surface area (Å²) in [6.45, 7) is 7.84. The van der Waals surface area contributed by atoms with Crippen LogP contribution in [0.15, 0.2) is 42.5 Å². The number of nitrogens with one attached hydrogen (secondary N) is 1. The first kappa shape index (κ1) is 21.0. The number of allylic oxidation sites excluding steroid dienone is 3. The molecule has 1 aliphatic heterocycles. The Kier molecular flexibility index (Phi) is 5.81. The number of benzene rings is 1. The Hall–Kier alpha value is -1.87. The second-order valence-electron chi connectivity index (χ2n) is 10.4. The van der Waals surface area contributed by atoms with Gasteiger partial charge in [-0.1, -0.05) is 56.3 Å². The van der Waals surface area contributed by atoms with Crippen molar-refractivity contribution in [1.29, 1.82) is 0 Å². The molecule has 1 aromatic rings. The minimum absolute atomic E-state index is 0. The lowest BCUT2D eigenvalue weighted by Crippen LogP contribution is -2.44. The van der Waals surface area contributed by atoms with E-state index < -0.39 is 0 Å². The van der Waals surface area contributed by atoms with Gasteiger partial charge in [-0.3, -0.25) is 4.79 Å². The topological polar surface area (TPSA) is 32.3 Å². The van der Waals surface area contributed by atoms with E-state index in [0.717, 1.165) is 67.7 Å². The van der Waals surface area contributed by atoms with Gasteiger partial charge in [-0.2, -0.15) is 0 Å². The van der Waals surface area contributed by atoms with E-state index in [1.54, 1.807) is 0 Å². The van der Waals surface area contributed by atoms with Crippen molar-refractivity contribution in [3.8, 4) is 0 Å². The van der Waals surface area contributed by atoms with Crippen LogP contribution in [-0.4, -0.2) is 36.5 Å². The smallest absolute Gasteiger partial charge is 0.251 e. The summed E-state index contributed by atoms with van der Waals surface area (Å²) in [5, 5.41) is 3.28. The van der Waals surface area contributed by atoms with Crippen LogP contribution in [-0.2, 0) is 10.2 Å². The summed E-state index contributed by atoms with van der Waals surface area (Å²) < 4.78 is 0. The molecule has 3 heteroatoms. The quantitative estimate of drug-likeness (QED) is 0.610. The molecule has 3 atom stereocenters. The Labute approximate surface area is 189 Å². The van der Waals surface area contributed by atoms with E-state index in [4.69, 9.17) is 0 Å². The van der Waals surface area contributed by atoms with E-state index in [0.29, 0.717) is 0 Å². The van der Waals surface area contributed by atoms with E-state index in [9.17, 15) is 4.79 Å². The number of hydrogen-bond donors (Lipinski definition) is 1. The van der Waals surface area contributed by atoms with Crippen molar-refractivity contribution in [1.82, 2.24) is 10.2 Å². The van der Waals surface area contributed by atoms with Crippen LogP contribution in [0.5, 0.6) is 0 Å². The van der Waals surface area contributed by atoms with Crippen molar-refractivity contribution >= 4 is 11.5 Å². The van der Waals surface area contributed by atoms with Crippen LogP contribution in [0.25, 0.3) is 5.57 Å². The summed E-state index contributed by atoms with van der Waals surface area (Å²) >= 11 is 0. The maximum absolute atomic E-state index is 13.2. The Morgan fingerprint density at radius 2 is 1.94 bits per heavy atom. The van der Waals surface area contributed by atoms with Crippen LogP contribution in [0, 0.1) is 17.8 Å². The zero-order chi connectivity index (χ0) is 21.4. The number of nitrogens with zero attached hydrogens (tertiary/aromatic N) is 1. The molecule has 1 N–H and O–H groups in total. The molecule has 5 rings (SSSR count). The SMILES string of the molecule is CCC(CC)NC(=O)C1=CC2(CCN(CC3CCC4C=CC3C4)CC2)c2ccccc21.[HH]. The van der Waals surface area contributed by atoms with Crippen molar-refractivity contribution in [3.05, 3.63) is 53.6 Å². The summed E-state index contributed by atoms with van der Waals surface area (Å²) in [5.74, 6) is 2.65. The van der Waals surface area contributed by atoms with Gasteiger partial charge in [0.15, 0.2) is 0 Å². The van der Waals surface area contributed by atoms with Gasteiger partial charge < -0.3 is 10.2 Å². The molecule has 1 saturated heterocycles. The van der Waals surface area contributed by atoms with Gasteiger partial charge in [0.05, 0.1) is 0 Å². The predicted octanol–water partition coefficient (Wildman–Crippen LogP) is 5.57. The first-order valence-electron chi connectivity index (χ1n) is 12.7. The van der Waals surface area contributed by atoms with Crippen LogP contribution in [0.2, 0.25) is 0 Å². The largest absolute Gasteiger partial charge is 0.349 e. The van der Waals surface area contributed by atoms with Crippen LogP contribution in [0.3, 0.4) is 0 Å². The first-order chi connectivity index (χ1) is 15.1. The van der Waals surface area contributed by atoms with Crippen LogP contribution < -0.4 is 5.32 Å². The lowest BCUT2D eigenvalue weighted by Gasteiger charge is -2.41. The summed E-state index contributed by atoms with van der Waals surface area (Å²) in [5.41, 5.74) is 3.49. The van der Waals surface area contributed by atoms with Gasteiger partial charge in [0.25, 0.3) is 5.91 Å². The number of piperidine rings is 1. The highest BCUT2D eigenvalue weighted by atomic mass is 16.1. The van der Waals surface area contributed by atoms with Crippen molar-refractivity contribution in [2.75, 3.05) is 19.6 Å². The maximum atomic E-state index is 13.2. The molecule has 1 spiro atoms. The highest BCUT2D eigenvalue weighted by Gasteiger charge is 2.43. The van der Waals surface area contributed by atoms with Gasteiger partial charge in [-0.05, 0) is 86.9 Å². The number of carbonyl (C=O) groups is 1. The van der Waals surface area contributed by atoms with E-state index in [2.05, 4.69) is 66.6 Å². The lowest BCUT2D eigenvalue weighted by molar-refractivity contribution is -0.116. The molecule has 168 valence electrons. The molecule has 2 fully saturated rings. The van der Waals surface area contributed by atoms with Crippen molar-refractivity contribution in [3.63, 3.8) is 0 Å². The Morgan fingerprint density at radius 3 is 2.71 bits per heavy atom. The van der Waals surface area contributed by atoms with Gasteiger partial charge >= 0.3 is 0 Å². The van der Waals surface area contributed by atoms with Gasteiger partial charge in [-0.25, -0.2) is 0 Å². The zero-order valence-electron chi connectivity index (χ0n) is 19.3. The van der Waals surface area contributed by atoms with Crippen LogP contribution in [0.1, 0.15) is 71.3 Å². The number of carbonyl (C=O) groups excluding carboxylic acids is 1. The molecule has 0 radical (unpaired) electrons. The molecule has 1 amide bonds. The Bertz CT molecular complexity index is 879. The number of likely N-dealkylation sites (tertiary alicyclic amines) is 1. The van der Waals surface area contributed by atoms with Crippen LogP contribution >= 0.6 is 0 Å². The fourth-order valence-electron chi connectivity index (χ4n) is 6.65. The molecule has 31 heavy (non-hydrogen) atoms. The average molecular weight is 421 g/mol. The molecule has 3 aliphatic carbocycles. The number of hydrogen-bond acceptors (Lipinski definition) is 2. The zero-order valence-corrected chi connectivity index (χ0v) is 19.3. The molecule has 1 aromatic carbocycles. The second kappa shape index (κ2) is 8.58. The number of amides is 1. The lowest BCUT2D eigenvalue weighted by atomic mass is 9.74. The maximum Gasteiger partial charge on any atom is 0.251 e. The minimum atomic E-state index is 0. The normalized spacial score (nSPS) is 28.7. The molecule has 4 aliphatic rings.